The van der Waals surface area contributed by atoms with Crippen LogP contribution in [0.1, 0.15) is 6.92 Å². The van der Waals surface area contributed by atoms with E-state index in [1.807, 2.05) is 0 Å². The van der Waals surface area contributed by atoms with Crippen molar-refractivity contribution in [2.45, 2.75) is 23.1 Å². The molecule has 1 atom stereocenters. The van der Waals surface area contributed by atoms with Crippen molar-refractivity contribution in [3.05, 3.63) is 0 Å². The van der Waals surface area contributed by atoms with E-state index in [1.54, 1.807) is 0 Å². The van der Waals surface area contributed by atoms with Crippen molar-refractivity contribution in [3.8, 4) is 0 Å². The Bertz CT molecular complexity index is 103. The van der Waals surface area contributed by atoms with Gasteiger partial charge in [-0.2, -0.15) is 13.2 Å². The van der Waals surface area contributed by atoms with Gasteiger partial charge in [0.25, 0.3) is 0 Å². The zero-order chi connectivity index (χ0) is 8.36. The lowest BCUT2D eigenvalue weighted by atomic mass is 10.5. The van der Waals surface area contributed by atoms with Gasteiger partial charge >= 0.3 is 6.18 Å². The molecule has 0 bridgehead atoms. The molecule has 0 aromatic carbocycles. The molecule has 62 valence electrons. The van der Waals surface area contributed by atoms with Gasteiger partial charge in [-0.3, -0.25) is 0 Å². The van der Waals surface area contributed by atoms with E-state index in [0.29, 0.717) is 0 Å². The van der Waals surface area contributed by atoms with Gasteiger partial charge in [-0.05, 0) is 0 Å². The number of rotatable bonds is 2. The van der Waals surface area contributed by atoms with Crippen LogP contribution in [-0.4, -0.2) is 20.2 Å². The molecule has 0 aliphatic heterocycles. The van der Waals surface area contributed by atoms with Gasteiger partial charge in [0.1, 0.15) is 0 Å². The van der Waals surface area contributed by atoms with Crippen LogP contribution >= 0.6 is 23.2 Å². The molecule has 0 fully saturated rings. The minimum Gasteiger partial charge on any atom is -0.171 e. The summed E-state index contributed by atoms with van der Waals surface area (Å²) in [5.74, 6) is 0. The zero-order valence-electron chi connectivity index (χ0n) is 5.25. The van der Waals surface area contributed by atoms with Gasteiger partial charge in [0, 0.05) is 5.54 Å². The van der Waals surface area contributed by atoms with Crippen molar-refractivity contribution in [2.24, 2.45) is 0 Å². The van der Waals surface area contributed by atoms with Gasteiger partial charge < -0.3 is 0 Å². The van der Waals surface area contributed by atoms with Gasteiger partial charge in [0.05, 0.1) is 14.0 Å². The van der Waals surface area contributed by atoms with Crippen molar-refractivity contribution in [1.29, 1.82) is 0 Å². The van der Waals surface area contributed by atoms with E-state index in [1.165, 1.54) is 0 Å². The fraction of sp³-hybridized carbons (Fsp3) is 1.00. The van der Waals surface area contributed by atoms with Crippen LogP contribution in [-0.2, 0) is 0 Å². The first-order chi connectivity index (χ1) is 4.34. The molecular weight excluding hydrogens is 204 g/mol. The number of hydrogen-bond acceptors (Lipinski definition) is 0. The lowest BCUT2D eigenvalue weighted by molar-refractivity contribution is -0.130. The fourth-order valence-corrected chi connectivity index (χ4v) is 2.81. The molecule has 0 aromatic rings. The van der Waals surface area contributed by atoms with E-state index in [9.17, 15) is 13.2 Å². The third-order valence-electron chi connectivity index (χ3n) is 1.09. The van der Waals surface area contributed by atoms with Gasteiger partial charge in [0.2, 0.25) is 0 Å². The first-order valence-corrected chi connectivity index (χ1v) is 5.19. The van der Waals surface area contributed by atoms with Crippen molar-refractivity contribution in [2.75, 3.05) is 0 Å². The zero-order valence-corrected chi connectivity index (χ0v) is 8.18. The Hall–Kier alpha value is 0.587. The maximum atomic E-state index is 11.7. The molecule has 0 aromatic heterocycles. The maximum Gasteiger partial charge on any atom is 0.388 e. The monoisotopic (exact) mass is 210 g/mol. The van der Waals surface area contributed by atoms with Gasteiger partial charge in [0.15, 0.2) is 0 Å². The summed E-state index contributed by atoms with van der Waals surface area (Å²) in [7, 11) is -1.43. The highest BCUT2D eigenvalue weighted by atomic mass is 35.5. The fourth-order valence-electron chi connectivity index (χ4n) is 0.401. The summed E-state index contributed by atoms with van der Waals surface area (Å²) in [6, 6.07) is 0. The molecule has 6 heteroatoms. The minimum absolute atomic E-state index is 0.795. The Balaban J connectivity index is 3.73. The number of halogens is 5. The second-order valence-electron chi connectivity index (χ2n) is 2.07. The minimum atomic E-state index is -4.12. The van der Waals surface area contributed by atoms with E-state index in [4.69, 9.17) is 23.2 Å². The van der Waals surface area contributed by atoms with E-state index < -0.39 is 25.7 Å². The van der Waals surface area contributed by atoms with Crippen LogP contribution in [0.3, 0.4) is 0 Å². The SMILES string of the molecule is CC([SiH2]C(Cl)Cl)C(F)(F)F. The largest absolute Gasteiger partial charge is 0.388 e. The average molecular weight is 211 g/mol. The summed E-state index contributed by atoms with van der Waals surface area (Å²) in [6.45, 7) is 1.12. The second-order valence-corrected chi connectivity index (χ2v) is 6.89. The highest BCUT2D eigenvalue weighted by molar-refractivity contribution is 6.69. The average Bonchev–Trinajstić information content (AvgIpc) is 1.60. The molecule has 0 radical (unpaired) electrons. The van der Waals surface area contributed by atoms with Crippen LogP contribution in [0.2, 0.25) is 5.54 Å². The Morgan fingerprint density at radius 2 is 1.70 bits per heavy atom. The lowest BCUT2D eigenvalue weighted by Crippen LogP contribution is -2.23. The standard InChI is InChI=1S/C4H7Cl2F3Si/c1-2(4(7,8)9)10-3(5)6/h2-3H,10H2,1H3. The molecule has 0 nitrogen and oxygen atoms in total. The number of alkyl halides is 5. The topological polar surface area (TPSA) is 0 Å². The maximum absolute atomic E-state index is 11.7. The predicted molar refractivity (Wildman–Crippen MR) is 39.5 cm³/mol. The first kappa shape index (κ1) is 10.6. The summed E-state index contributed by atoms with van der Waals surface area (Å²) in [5.41, 5.74) is -1.28. The third-order valence-corrected chi connectivity index (χ3v) is 3.69. The molecule has 0 spiro atoms. The molecule has 0 saturated heterocycles. The van der Waals surface area contributed by atoms with Crippen molar-refractivity contribution < 1.29 is 13.2 Å². The Kier molecular flexibility index (Phi) is 4.05. The second kappa shape index (κ2) is 3.83. The van der Waals surface area contributed by atoms with Gasteiger partial charge in [-0.1, -0.05) is 6.92 Å². The molecule has 0 heterocycles. The van der Waals surface area contributed by atoms with E-state index in [0.717, 1.165) is 6.92 Å². The quantitative estimate of drug-likeness (QED) is 0.485. The van der Waals surface area contributed by atoms with Gasteiger partial charge in [-0.15, -0.1) is 23.2 Å². The molecule has 0 rings (SSSR count). The molecule has 0 saturated carbocycles. The molecule has 10 heavy (non-hydrogen) atoms. The summed E-state index contributed by atoms with van der Waals surface area (Å²) < 4.78 is 34.4. The normalized spacial score (nSPS) is 17.1. The summed E-state index contributed by atoms with van der Waals surface area (Å²) in [5, 5.41) is 0. The highest BCUT2D eigenvalue weighted by Crippen LogP contribution is 2.31. The predicted octanol–water partition coefficient (Wildman–Crippen LogP) is 2.29. The van der Waals surface area contributed by atoms with Crippen molar-refractivity contribution in [1.82, 2.24) is 0 Å². The Labute approximate surface area is 69.5 Å². The smallest absolute Gasteiger partial charge is 0.171 e. The van der Waals surface area contributed by atoms with Crippen molar-refractivity contribution in [3.63, 3.8) is 0 Å². The van der Waals surface area contributed by atoms with Crippen LogP contribution in [0, 0.1) is 0 Å². The highest BCUT2D eigenvalue weighted by Gasteiger charge is 2.36. The molecular formula is C4H7Cl2F3Si. The van der Waals surface area contributed by atoms with Crippen LogP contribution in [0.25, 0.3) is 0 Å². The lowest BCUT2D eigenvalue weighted by Gasteiger charge is -2.14. The van der Waals surface area contributed by atoms with Crippen LogP contribution in [0.5, 0.6) is 0 Å². The van der Waals surface area contributed by atoms with Crippen molar-refractivity contribution >= 4 is 32.7 Å². The number of hydrogen-bond donors (Lipinski definition) is 0. The summed E-state index contributed by atoms with van der Waals surface area (Å²) in [4.78, 5) is 0. The molecule has 0 amide bonds. The molecule has 0 aliphatic rings. The van der Waals surface area contributed by atoms with Crippen LogP contribution in [0.15, 0.2) is 0 Å². The first-order valence-electron chi connectivity index (χ1n) is 2.69. The Morgan fingerprint density at radius 1 is 1.30 bits per heavy atom. The van der Waals surface area contributed by atoms with E-state index in [2.05, 4.69) is 0 Å². The molecule has 0 aliphatic carbocycles. The van der Waals surface area contributed by atoms with Gasteiger partial charge in [-0.25, -0.2) is 0 Å². The van der Waals surface area contributed by atoms with Crippen LogP contribution < -0.4 is 0 Å². The Morgan fingerprint density at radius 3 is 1.80 bits per heavy atom. The van der Waals surface area contributed by atoms with E-state index >= 15 is 0 Å². The molecule has 1 unspecified atom stereocenters. The molecule has 0 N–H and O–H groups in total. The third kappa shape index (κ3) is 4.41. The van der Waals surface area contributed by atoms with E-state index in [-0.39, 0.29) is 0 Å². The summed E-state index contributed by atoms with van der Waals surface area (Å²) in [6.07, 6.45) is -4.12. The summed E-state index contributed by atoms with van der Waals surface area (Å²) >= 11 is 10.4. The van der Waals surface area contributed by atoms with Crippen LogP contribution in [0.4, 0.5) is 13.2 Å².